The quantitative estimate of drug-likeness (QED) is 0.0413. The summed E-state index contributed by atoms with van der Waals surface area (Å²) in [5, 5.41) is 35.6. The zero-order valence-corrected chi connectivity index (χ0v) is 26.3. The third-order valence-corrected chi connectivity index (χ3v) is 6.34. The van der Waals surface area contributed by atoms with Crippen LogP contribution in [0.5, 0.6) is 0 Å². The molecule has 0 aromatic carbocycles. The Morgan fingerprint density at radius 2 is 0.913 bits per heavy atom. The SMILES string of the molecule is C[C@H](NC(=O)CC[C@H](N)C(=O)O)C(=O)NCC(=O)NCCCCNCCCNC(=O)CNC(=O)[C@H](C)NC(=O)CC[C@H](N)C(=O)O. The Morgan fingerprint density at radius 3 is 1.33 bits per heavy atom. The van der Waals surface area contributed by atoms with Gasteiger partial charge in [-0.2, -0.15) is 0 Å². The lowest BCUT2D eigenvalue weighted by Gasteiger charge is -2.15. The van der Waals surface area contributed by atoms with Crippen LogP contribution in [0.4, 0.5) is 0 Å². The molecule has 0 aliphatic rings. The van der Waals surface area contributed by atoms with E-state index in [0.717, 1.165) is 6.42 Å². The number of aliphatic carboxylic acids is 2. The molecule has 6 amide bonds. The molecule has 0 unspecified atom stereocenters. The molecule has 0 fully saturated rings. The molecule has 0 bridgehead atoms. The minimum Gasteiger partial charge on any atom is -0.480 e. The molecule has 0 aliphatic heterocycles. The van der Waals surface area contributed by atoms with Crippen LogP contribution >= 0.6 is 0 Å². The lowest BCUT2D eigenvalue weighted by molar-refractivity contribution is -0.140. The van der Waals surface area contributed by atoms with E-state index in [-0.39, 0.29) is 38.8 Å². The molecule has 19 nitrogen and oxygen atoms in total. The zero-order valence-electron chi connectivity index (χ0n) is 26.3. The number of carboxylic acid groups (broad SMARTS) is 2. The smallest absolute Gasteiger partial charge is 0.320 e. The standard InChI is InChI=1S/C27H49N9O10/c1-16(35-20(37)8-6-18(28)26(43)44)24(41)33-14-22(39)31-12-4-3-10-30-11-5-13-32-23(40)15-34-25(42)17(2)36-21(38)9-7-19(29)27(45)46/h16-19,30H,3-15,28-29H2,1-2H3,(H,31,39)(H,32,40)(H,33,41)(H,34,42)(H,35,37)(H,36,38)(H,43,44)(H,45,46)/t16-,17-,18-,19-/m0/s1. The first-order chi connectivity index (χ1) is 21.6. The molecule has 0 spiro atoms. The molecule has 13 N–H and O–H groups in total. The number of nitrogens with two attached hydrogens (primary N) is 2. The van der Waals surface area contributed by atoms with Gasteiger partial charge in [0.25, 0.3) is 0 Å². The van der Waals surface area contributed by atoms with Crippen molar-refractivity contribution < 1.29 is 48.6 Å². The minimum absolute atomic E-state index is 0.0711. The molecule has 0 aromatic rings. The van der Waals surface area contributed by atoms with Crippen molar-refractivity contribution in [2.45, 2.75) is 83.0 Å². The van der Waals surface area contributed by atoms with Crippen LogP contribution in [0, 0.1) is 0 Å². The molecule has 0 radical (unpaired) electrons. The van der Waals surface area contributed by atoms with Crippen LogP contribution in [-0.2, 0) is 38.4 Å². The molecule has 0 aromatic heterocycles. The summed E-state index contributed by atoms with van der Waals surface area (Å²) < 4.78 is 0. The molecule has 46 heavy (non-hydrogen) atoms. The van der Waals surface area contributed by atoms with Crippen LogP contribution in [0.2, 0.25) is 0 Å². The fraction of sp³-hybridized carbons (Fsp3) is 0.704. The van der Waals surface area contributed by atoms with Gasteiger partial charge in [-0.3, -0.25) is 38.4 Å². The Kier molecular flexibility index (Phi) is 21.7. The first kappa shape index (κ1) is 41.6. The van der Waals surface area contributed by atoms with Crippen molar-refractivity contribution in [2.24, 2.45) is 11.5 Å². The summed E-state index contributed by atoms with van der Waals surface area (Å²) in [5.74, 6) is -5.42. The summed E-state index contributed by atoms with van der Waals surface area (Å²) in [6, 6.07) is -4.17. The van der Waals surface area contributed by atoms with Gasteiger partial charge in [0.05, 0.1) is 13.1 Å². The molecular formula is C27H49N9O10. The van der Waals surface area contributed by atoms with Gasteiger partial charge in [0.15, 0.2) is 0 Å². The zero-order chi connectivity index (χ0) is 35.1. The number of carboxylic acids is 2. The van der Waals surface area contributed by atoms with Crippen molar-refractivity contribution in [2.75, 3.05) is 39.3 Å². The van der Waals surface area contributed by atoms with Gasteiger partial charge in [0.2, 0.25) is 35.4 Å². The maximum atomic E-state index is 12.1. The Bertz CT molecular complexity index is 963. The Labute approximate surface area is 267 Å². The van der Waals surface area contributed by atoms with E-state index >= 15 is 0 Å². The van der Waals surface area contributed by atoms with Gasteiger partial charge in [0.1, 0.15) is 24.2 Å². The van der Waals surface area contributed by atoms with Gasteiger partial charge < -0.3 is 58.9 Å². The van der Waals surface area contributed by atoms with Crippen LogP contribution in [0.3, 0.4) is 0 Å². The van der Waals surface area contributed by atoms with Crippen molar-refractivity contribution in [1.82, 2.24) is 37.2 Å². The van der Waals surface area contributed by atoms with E-state index in [0.29, 0.717) is 39.0 Å². The summed E-state index contributed by atoms with van der Waals surface area (Å²) in [6.45, 7) is 4.41. The fourth-order valence-electron chi connectivity index (χ4n) is 3.51. The Morgan fingerprint density at radius 1 is 0.543 bits per heavy atom. The lowest BCUT2D eigenvalue weighted by Crippen LogP contribution is -2.47. The van der Waals surface area contributed by atoms with Crippen molar-refractivity contribution >= 4 is 47.4 Å². The first-order valence-electron chi connectivity index (χ1n) is 15.0. The number of nitrogens with one attached hydrogen (secondary N) is 7. The van der Waals surface area contributed by atoms with Crippen molar-refractivity contribution in [3.05, 3.63) is 0 Å². The van der Waals surface area contributed by atoms with E-state index in [9.17, 15) is 38.4 Å². The van der Waals surface area contributed by atoms with Gasteiger partial charge in [-0.05, 0) is 59.0 Å². The number of hydrogen-bond acceptors (Lipinski definition) is 11. The molecular weight excluding hydrogens is 610 g/mol. The van der Waals surface area contributed by atoms with Crippen LogP contribution in [0.15, 0.2) is 0 Å². The first-order valence-corrected chi connectivity index (χ1v) is 15.0. The molecule has 0 saturated carbocycles. The monoisotopic (exact) mass is 659 g/mol. The van der Waals surface area contributed by atoms with E-state index in [1.54, 1.807) is 0 Å². The second-order valence-corrected chi connectivity index (χ2v) is 10.5. The fourth-order valence-corrected chi connectivity index (χ4v) is 3.51. The molecule has 4 atom stereocenters. The van der Waals surface area contributed by atoms with Gasteiger partial charge >= 0.3 is 11.9 Å². The number of rotatable bonds is 25. The maximum absolute atomic E-state index is 12.1. The number of carbonyl (C=O) groups is 8. The van der Waals surface area contributed by atoms with E-state index < -0.39 is 71.5 Å². The van der Waals surface area contributed by atoms with Crippen molar-refractivity contribution in [3.8, 4) is 0 Å². The maximum Gasteiger partial charge on any atom is 0.320 e. The third kappa shape index (κ3) is 21.4. The van der Waals surface area contributed by atoms with E-state index in [4.69, 9.17) is 21.7 Å². The summed E-state index contributed by atoms with van der Waals surface area (Å²) in [4.78, 5) is 92.9. The summed E-state index contributed by atoms with van der Waals surface area (Å²) in [7, 11) is 0. The van der Waals surface area contributed by atoms with Crippen LogP contribution < -0.4 is 48.7 Å². The van der Waals surface area contributed by atoms with Crippen LogP contribution in [-0.4, -0.2) is 121 Å². The largest absolute Gasteiger partial charge is 0.480 e. The second kappa shape index (κ2) is 23.9. The van der Waals surface area contributed by atoms with Crippen molar-refractivity contribution in [1.29, 1.82) is 0 Å². The normalized spacial score (nSPS) is 13.2. The highest BCUT2D eigenvalue weighted by molar-refractivity contribution is 5.91. The van der Waals surface area contributed by atoms with Crippen molar-refractivity contribution in [3.63, 3.8) is 0 Å². The second-order valence-electron chi connectivity index (χ2n) is 10.5. The highest BCUT2D eigenvalue weighted by Crippen LogP contribution is 1.97. The topological polar surface area (TPSA) is 313 Å². The minimum atomic E-state index is -1.22. The highest BCUT2D eigenvalue weighted by atomic mass is 16.4. The Hall–Kier alpha value is -4.36. The lowest BCUT2D eigenvalue weighted by atomic mass is 10.1. The predicted molar refractivity (Wildman–Crippen MR) is 164 cm³/mol. The number of amides is 6. The van der Waals surface area contributed by atoms with E-state index in [1.807, 2.05) is 0 Å². The summed E-state index contributed by atoms with van der Waals surface area (Å²) >= 11 is 0. The number of carbonyl (C=O) groups excluding carboxylic acids is 6. The van der Waals surface area contributed by atoms with Crippen LogP contribution in [0.1, 0.15) is 58.8 Å². The number of hydrogen-bond donors (Lipinski definition) is 11. The molecule has 262 valence electrons. The molecule has 0 rings (SSSR count). The van der Waals surface area contributed by atoms with Gasteiger partial charge in [-0.1, -0.05) is 0 Å². The van der Waals surface area contributed by atoms with Crippen LogP contribution in [0.25, 0.3) is 0 Å². The molecule has 0 aliphatic carbocycles. The van der Waals surface area contributed by atoms with Gasteiger partial charge in [-0.15, -0.1) is 0 Å². The summed E-state index contributed by atoms with van der Waals surface area (Å²) in [6.07, 6.45) is 1.64. The van der Waals surface area contributed by atoms with E-state index in [2.05, 4.69) is 37.2 Å². The molecule has 0 heterocycles. The Balaban J connectivity index is 3.81. The molecule has 0 saturated heterocycles. The third-order valence-electron chi connectivity index (χ3n) is 6.34. The predicted octanol–water partition coefficient (Wildman–Crippen LogP) is -4.40. The van der Waals surface area contributed by atoms with E-state index in [1.165, 1.54) is 13.8 Å². The number of unbranched alkanes of at least 4 members (excludes halogenated alkanes) is 1. The average molecular weight is 660 g/mol. The van der Waals surface area contributed by atoms with Gasteiger partial charge in [-0.25, -0.2) is 0 Å². The highest BCUT2D eigenvalue weighted by Gasteiger charge is 2.20. The molecule has 19 heteroatoms. The summed E-state index contributed by atoms with van der Waals surface area (Å²) in [5.41, 5.74) is 10.7. The van der Waals surface area contributed by atoms with Gasteiger partial charge in [0, 0.05) is 25.9 Å². The average Bonchev–Trinajstić information content (AvgIpc) is 3.00.